The normalized spacial score (nSPS) is 11.5. The third-order valence-corrected chi connectivity index (χ3v) is 2.55. The standard InChI is InChI=1S/C13H10F3NO/c14-13(15,16)9-3-6-12(18)11(7-9)8-1-4-10(17)5-2-8/h1-7,18H,17H2. The molecule has 5 heteroatoms. The van der Waals surface area contributed by atoms with Crippen molar-refractivity contribution in [2.45, 2.75) is 6.18 Å². The van der Waals surface area contributed by atoms with Crippen LogP contribution in [0.25, 0.3) is 11.1 Å². The van der Waals surface area contributed by atoms with Crippen LogP contribution in [-0.2, 0) is 6.18 Å². The predicted molar refractivity (Wildman–Crippen MR) is 63.0 cm³/mol. The summed E-state index contributed by atoms with van der Waals surface area (Å²) in [6.07, 6.45) is -4.43. The zero-order valence-corrected chi connectivity index (χ0v) is 9.20. The fourth-order valence-corrected chi connectivity index (χ4v) is 1.61. The number of alkyl halides is 3. The van der Waals surface area contributed by atoms with Crippen molar-refractivity contribution < 1.29 is 18.3 Å². The van der Waals surface area contributed by atoms with E-state index in [-0.39, 0.29) is 11.3 Å². The highest BCUT2D eigenvalue weighted by atomic mass is 19.4. The quantitative estimate of drug-likeness (QED) is 0.762. The lowest BCUT2D eigenvalue weighted by Crippen LogP contribution is -2.04. The Balaban J connectivity index is 2.53. The van der Waals surface area contributed by atoms with Gasteiger partial charge in [0.2, 0.25) is 0 Å². The number of nitrogens with two attached hydrogens (primary N) is 1. The van der Waals surface area contributed by atoms with Crippen LogP contribution in [0.15, 0.2) is 42.5 Å². The maximum absolute atomic E-state index is 12.6. The average Bonchev–Trinajstić information content (AvgIpc) is 2.29. The summed E-state index contributed by atoms with van der Waals surface area (Å²) in [7, 11) is 0. The molecule has 3 N–H and O–H groups in total. The molecule has 2 nitrogen and oxygen atoms in total. The van der Waals surface area contributed by atoms with Crippen molar-refractivity contribution in [2.75, 3.05) is 5.73 Å². The number of phenolic OH excluding ortho intramolecular Hbond substituents is 1. The molecule has 0 aliphatic carbocycles. The number of hydrogen-bond acceptors (Lipinski definition) is 2. The molecule has 0 aromatic heterocycles. The first-order chi connectivity index (χ1) is 8.38. The minimum atomic E-state index is -4.43. The topological polar surface area (TPSA) is 46.2 Å². The average molecular weight is 253 g/mol. The molecule has 94 valence electrons. The Morgan fingerprint density at radius 1 is 0.944 bits per heavy atom. The highest BCUT2D eigenvalue weighted by Gasteiger charge is 2.31. The van der Waals surface area contributed by atoms with Crippen LogP contribution in [0.2, 0.25) is 0 Å². The first-order valence-electron chi connectivity index (χ1n) is 5.14. The lowest BCUT2D eigenvalue weighted by Gasteiger charge is -2.10. The van der Waals surface area contributed by atoms with E-state index in [9.17, 15) is 18.3 Å². The van der Waals surface area contributed by atoms with Gasteiger partial charge in [-0.25, -0.2) is 0 Å². The molecule has 0 saturated carbocycles. The molecule has 2 rings (SSSR count). The highest BCUT2D eigenvalue weighted by molar-refractivity contribution is 5.72. The fraction of sp³-hybridized carbons (Fsp3) is 0.0769. The smallest absolute Gasteiger partial charge is 0.416 e. The third-order valence-electron chi connectivity index (χ3n) is 2.55. The van der Waals surface area contributed by atoms with Gasteiger partial charge < -0.3 is 10.8 Å². The number of nitrogen functional groups attached to an aromatic ring is 1. The van der Waals surface area contributed by atoms with Gasteiger partial charge in [0.05, 0.1) is 5.56 Å². The maximum Gasteiger partial charge on any atom is 0.416 e. The summed E-state index contributed by atoms with van der Waals surface area (Å²) in [5, 5.41) is 9.62. The predicted octanol–water partition coefficient (Wildman–Crippen LogP) is 3.66. The zero-order valence-electron chi connectivity index (χ0n) is 9.20. The molecule has 0 radical (unpaired) electrons. The molecule has 2 aromatic carbocycles. The van der Waals surface area contributed by atoms with E-state index in [1.165, 1.54) is 0 Å². The highest BCUT2D eigenvalue weighted by Crippen LogP contribution is 2.36. The summed E-state index contributed by atoms with van der Waals surface area (Å²) in [5.74, 6) is -0.201. The molecule has 0 spiro atoms. The van der Waals surface area contributed by atoms with Gasteiger partial charge in [-0.2, -0.15) is 13.2 Å². The second-order valence-corrected chi connectivity index (χ2v) is 3.85. The lowest BCUT2D eigenvalue weighted by molar-refractivity contribution is -0.137. The summed E-state index contributed by atoms with van der Waals surface area (Å²) in [6.45, 7) is 0. The van der Waals surface area contributed by atoms with Gasteiger partial charge in [-0.3, -0.25) is 0 Å². The van der Waals surface area contributed by atoms with Gasteiger partial charge in [-0.05, 0) is 35.9 Å². The molecule has 2 aromatic rings. The van der Waals surface area contributed by atoms with E-state index in [4.69, 9.17) is 5.73 Å². The summed E-state index contributed by atoms with van der Waals surface area (Å²) >= 11 is 0. The second kappa shape index (κ2) is 4.25. The molecular formula is C13H10F3NO. The Morgan fingerprint density at radius 2 is 1.56 bits per heavy atom. The molecule has 0 aliphatic rings. The van der Waals surface area contributed by atoms with E-state index in [0.717, 1.165) is 18.2 Å². The minimum Gasteiger partial charge on any atom is -0.507 e. The van der Waals surface area contributed by atoms with Gasteiger partial charge >= 0.3 is 6.18 Å². The molecule has 0 bridgehead atoms. The van der Waals surface area contributed by atoms with E-state index in [2.05, 4.69) is 0 Å². The van der Waals surface area contributed by atoms with E-state index in [0.29, 0.717) is 11.3 Å². The van der Waals surface area contributed by atoms with Crippen LogP contribution in [0.1, 0.15) is 5.56 Å². The van der Waals surface area contributed by atoms with Crippen LogP contribution in [0, 0.1) is 0 Å². The Labute approximate surface area is 101 Å². The maximum atomic E-state index is 12.6. The first-order valence-corrected chi connectivity index (χ1v) is 5.14. The van der Waals surface area contributed by atoms with Gasteiger partial charge in [0.25, 0.3) is 0 Å². The fourth-order valence-electron chi connectivity index (χ4n) is 1.61. The van der Waals surface area contributed by atoms with Crippen LogP contribution in [0.4, 0.5) is 18.9 Å². The molecular weight excluding hydrogens is 243 g/mol. The van der Waals surface area contributed by atoms with E-state index in [1.807, 2.05) is 0 Å². The Kier molecular flexibility index (Phi) is 2.90. The van der Waals surface area contributed by atoms with Crippen molar-refractivity contribution in [2.24, 2.45) is 0 Å². The molecule has 0 saturated heterocycles. The molecule has 0 unspecified atom stereocenters. The molecule has 0 fully saturated rings. The van der Waals surface area contributed by atoms with Gasteiger partial charge in [-0.1, -0.05) is 12.1 Å². The molecule has 0 amide bonds. The largest absolute Gasteiger partial charge is 0.507 e. The summed E-state index contributed by atoms with van der Waals surface area (Å²) in [6, 6.07) is 9.05. The number of phenols is 1. The van der Waals surface area contributed by atoms with Crippen LogP contribution in [0.3, 0.4) is 0 Å². The van der Waals surface area contributed by atoms with Gasteiger partial charge in [0, 0.05) is 11.3 Å². The van der Waals surface area contributed by atoms with Gasteiger partial charge in [-0.15, -0.1) is 0 Å². The van der Waals surface area contributed by atoms with Crippen molar-refractivity contribution in [3.63, 3.8) is 0 Å². The van der Waals surface area contributed by atoms with Crippen molar-refractivity contribution in [1.29, 1.82) is 0 Å². The Bertz CT molecular complexity index is 561. The van der Waals surface area contributed by atoms with Crippen LogP contribution in [-0.4, -0.2) is 5.11 Å². The Morgan fingerprint density at radius 3 is 2.11 bits per heavy atom. The molecule has 18 heavy (non-hydrogen) atoms. The molecule has 0 atom stereocenters. The number of hydrogen-bond donors (Lipinski definition) is 2. The third kappa shape index (κ3) is 2.40. The number of aromatic hydroxyl groups is 1. The summed E-state index contributed by atoms with van der Waals surface area (Å²) < 4.78 is 37.7. The number of halogens is 3. The van der Waals surface area contributed by atoms with Crippen LogP contribution in [0.5, 0.6) is 5.75 Å². The van der Waals surface area contributed by atoms with Crippen molar-refractivity contribution in [3.05, 3.63) is 48.0 Å². The van der Waals surface area contributed by atoms with E-state index < -0.39 is 11.7 Å². The van der Waals surface area contributed by atoms with Crippen molar-refractivity contribution >= 4 is 5.69 Å². The zero-order chi connectivity index (χ0) is 13.3. The molecule has 0 aliphatic heterocycles. The number of benzene rings is 2. The lowest BCUT2D eigenvalue weighted by atomic mass is 10.0. The first kappa shape index (κ1) is 12.3. The summed E-state index contributed by atoms with van der Waals surface area (Å²) in [4.78, 5) is 0. The van der Waals surface area contributed by atoms with Gasteiger partial charge in [0.15, 0.2) is 0 Å². The van der Waals surface area contributed by atoms with Gasteiger partial charge in [0.1, 0.15) is 5.75 Å². The van der Waals surface area contributed by atoms with Crippen molar-refractivity contribution in [1.82, 2.24) is 0 Å². The summed E-state index contributed by atoms with van der Waals surface area (Å²) in [5.41, 5.74) is 5.81. The monoisotopic (exact) mass is 253 g/mol. The molecule has 0 heterocycles. The van der Waals surface area contributed by atoms with Crippen molar-refractivity contribution in [3.8, 4) is 16.9 Å². The number of rotatable bonds is 1. The second-order valence-electron chi connectivity index (χ2n) is 3.85. The Hall–Kier alpha value is -2.17. The van der Waals surface area contributed by atoms with Crippen LogP contribution < -0.4 is 5.73 Å². The van der Waals surface area contributed by atoms with Crippen LogP contribution >= 0.6 is 0 Å². The number of anilines is 1. The van der Waals surface area contributed by atoms with E-state index in [1.54, 1.807) is 24.3 Å². The van der Waals surface area contributed by atoms with E-state index >= 15 is 0 Å². The minimum absolute atomic E-state index is 0.129. The SMILES string of the molecule is Nc1ccc(-c2cc(C(F)(F)F)ccc2O)cc1.